The van der Waals surface area contributed by atoms with Crippen LogP contribution in [-0.2, 0) is 11.0 Å². The first-order chi connectivity index (χ1) is 13.8. The second-order valence-corrected chi connectivity index (χ2v) is 8.12. The second kappa shape index (κ2) is 9.25. The number of phenolic OH excluding ortho intramolecular Hbond substituents is 1. The summed E-state index contributed by atoms with van der Waals surface area (Å²) in [5.74, 6) is -2.71. The van der Waals surface area contributed by atoms with E-state index in [1.54, 1.807) is 0 Å². The molecule has 0 unspecified atom stereocenters. The molecular weight excluding hydrogens is 539 g/mol. The number of rotatable bonds is 6. The number of aromatic hydroxyl groups is 1. The van der Waals surface area contributed by atoms with Crippen LogP contribution >= 0.6 is 31.9 Å². The van der Waals surface area contributed by atoms with Crippen molar-refractivity contribution in [3.63, 3.8) is 0 Å². The Kier molecular flexibility index (Phi) is 7.40. The average molecular weight is 555 g/mol. The molecule has 0 fully saturated rings. The van der Waals surface area contributed by atoms with Crippen LogP contribution in [0, 0.1) is 0 Å². The molecule has 11 heteroatoms. The first-order valence-corrected chi connectivity index (χ1v) is 10.0. The largest absolute Gasteiger partial charge is 0.508 e. The van der Waals surface area contributed by atoms with Crippen molar-refractivity contribution >= 4 is 43.7 Å². The third-order valence-electron chi connectivity index (χ3n) is 3.95. The highest BCUT2D eigenvalue weighted by Crippen LogP contribution is 2.47. The first-order valence-electron chi connectivity index (χ1n) is 8.42. The number of carboxylic acids is 1. The zero-order valence-corrected chi connectivity index (χ0v) is 18.8. The molecule has 6 nitrogen and oxygen atoms in total. The van der Waals surface area contributed by atoms with Crippen molar-refractivity contribution in [1.29, 1.82) is 0 Å². The van der Waals surface area contributed by atoms with Crippen molar-refractivity contribution in [1.82, 2.24) is 5.32 Å². The zero-order valence-electron chi connectivity index (χ0n) is 15.6. The van der Waals surface area contributed by atoms with Crippen molar-refractivity contribution < 1.29 is 37.7 Å². The van der Waals surface area contributed by atoms with Crippen LogP contribution < -0.4 is 10.1 Å². The number of phenols is 1. The van der Waals surface area contributed by atoms with E-state index in [-0.39, 0.29) is 27.6 Å². The number of carboxylic acid groups (broad SMARTS) is 1. The van der Waals surface area contributed by atoms with E-state index in [2.05, 4.69) is 31.9 Å². The lowest BCUT2D eigenvalue weighted by atomic mass is 10.0. The minimum Gasteiger partial charge on any atom is -0.508 e. The molecule has 0 aliphatic rings. The third-order valence-corrected chi connectivity index (χ3v) is 5.29. The summed E-state index contributed by atoms with van der Waals surface area (Å²) in [5.41, 5.74) is -1.55. The SMILES string of the molecule is CC(C)c1cc(Oc2c(Br)cc(C(=O)NCC(=O)O)c(C(F)(F)F)c2Br)ccc1O. The Morgan fingerprint density at radius 3 is 2.37 bits per heavy atom. The van der Waals surface area contributed by atoms with E-state index in [0.29, 0.717) is 5.56 Å². The minimum atomic E-state index is -4.94. The quantitative estimate of drug-likeness (QED) is 0.428. The highest BCUT2D eigenvalue weighted by atomic mass is 79.9. The summed E-state index contributed by atoms with van der Waals surface area (Å²) in [6, 6.07) is 5.16. The van der Waals surface area contributed by atoms with Crippen LogP contribution in [0.5, 0.6) is 17.2 Å². The second-order valence-electron chi connectivity index (χ2n) is 6.48. The molecule has 0 aliphatic heterocycles. The summed E-state index contributed by atoms with van der Waals surface area (Å²) in [6.07, 6.45) is -4.94. The average Bonchev–Trinajstić information content (AvgIpc) is 2.62. The number of hydrogen-bond acceptors (Lipinski definition) is 4. The summed E-state index contributed by atoms with van der Waals surface area (Å²) < 4.78 is 46.3. The summed E-state index contributed by atoms with van der Waals surface area (Å²) >= 11 is 5.96. The van der Waals surface area contributed by atoms with Gasteiger partial charge in [-0.3, -0.25) is 9.59 Å². The molecule has 0 saturated heterocycles. The van der Waals surface area contributed by atoms with Gasteiger partial charge in [0.05, 0.1) is 20.1 Å². The van der Waals surface area contributed by atoms with Crippen molar-refractivity contribution in [2.75, 3.05) is 6.54 Å². The molecule has 0 aliphatic carbocycles. The van der Waals surface area contributed by atoms with E-state index in [4.69, 9.17) is 9.84 Å². The number of carbonyl (C=O) groups is 2. The van der Waals surface area contributed by atoms with Gasteiger partial charge in [-0.05, 0) is 62.0 Å². The van der Waals surface area contributed by atoms with E-state index in [9.17, 15) is 27.9 Å². The molecule has 30 heavy (non-hydrogen) atoms. The third kappa shape index (κ3) is 5.45. The van der Waals surface area contributed by atoms with Crippen molar-refractivity contribution in [2.24, 2.45) is 0 Å². The fourth-order valence-corrected chi connectivity index (χ4v) is 4.09. The summed E-state index contributed by atoms with van der Waals surface area (Å²) in [5, 5.41) is 20.5. The fourth-order valence-electron chi connectivity index (χ4n) is 2.58. The first kappa shape index (κ1) is 24.0. The lowest BCUT2D eigenvalue weighted by Crippen LogP contribution is -2.31. The van der Waals surface area contributed by atoms with Gasteiger partial charge >= 0.3 is 12.1 Å². The van der Waals surface area contributed by atoms with Crippen LogP contribution in [0.25, 0.3) is 0 Å². The number of ether oxygens (including phenoxy) is 1. The fraction of sp³-hybridized carbons (Fsp3) is 0.263. The molecule has 162 valence electrons. The predicted molar refractivity (Wildman–Crippen MR) is 109 cm³/mol. The standard InChI is InChI=1S/C19H16Br2F3NO5/c1-8(2)10-5-9(3-4-13(10)26)30-17-12(20)6-11(18(29)25-7-14(27)28)15(16(17)21)19(22,23)24/h3-6,8,26H,7H2,1-2H3,(H,25,29)(H,27,28). The highest BCUT2D eigenvalue weighted by molar-refractivity contribution is 9.11. The molecule has 2 rings (SSSR count). The van der Waals surface area contributed by atoms with Crippen molar-refractivity contribution in [2.45, 2.75) is 25.9 Å². The molecule has 1 amide bonds. The topological polar surface area (TPSA) is 95.9 Å². The Bertz CT molecular complexity index is 993. The Morgan fingerprint density at radius 1 is 1.20 bits per heavy atom. The lowest BCUT2D eigenvalue weighted by molar-refractivity contribution is -0.138. The molecule has 0 spiro atoms. The highest BCUT2D eigenvalue weighted by Gasteiger charge is 2.40. The van der Waals surface area contributed by atoms with Crippen LogP contribution in [0.4, 0.5) is 13.2 Å². The van der Waals surface area contributed by atoms with Gasteiger partial charge in [-0.15, -0.1) is 0 Å². The normalized spacial score (nSPS) is 11.5. The number of amides is 1. The zero-order chi connectivity index (χ0) is 22.8. The molecular formula is C19H16Br2F3NO5. The number of benzene rings is 2. The van der Waals surface area contributed by atoms with E-state index in [1.807, 2.05) is 19.2 Å². The smallest absolute Gasteiger partial charge is 0.418 e. The van der Waals surface area contributed by atoms with Gasteiger partial charge in [0, 0.05) is 5.56 Å². The number of nitrogens with one attached hydrogen (secondary N) is 1. The van der Waals surface area contributed by atoms with E-state index >= 15 is 0 Å². The maximum atomic E-state index is 13.7. The molecule has 3 N–H and O–H groups in total. The van der Waals surface area contributed by atoms with Gasteiger partial charge < -0.3 is 20.3 Å². The van der Waals surface area contributed by atoms with Gasteiger partial charge in [-0.25, -0.2) is 0 Å². The van der Waals surface area contributed by atoms with Gasteiger partial charge in [0.1, 0.15) is 18.0 Å². The number of halogens is 5. The monoisotopic (exact) mass is 553 g/mol. The molecule has 0 radical (unpaired) electrons. The molecule has 0 saturated carbocycles. The van der Waals surface area contributed by atoms with E-state index in [0.717, 1.165) is 6.07 Å². The van der Waals surface area contributed by atoms with Crippen LogP contribution in [0.2, 0.25) is 0 Å². The van der Waals surface area contributed by atoms with Gasteiger partial charge in [-0.1, -0.05) is 13.8 Å². The maximum absolute atomic E-state index is 13.7. The summed E-state index contributed by atoms with van der Waals surface area (Å²) in [7, 11) is 0. The van der Waals surface area contributed by atoms with Gasteiger partial charge in [-0.2, -0.15) is 13.2 Å². The van der Waals surface area contributed by atoms with Crippen LogP contribution in [0.3, 0.4) is 0 Å². The Labute approximate surface area is 186 Å². The summed E-state index contributed by atoms with van der Waals surface area (Å²) in [4.78, 5) is 22.8. The molecule has 0 atom stereocenters. The number of hydrogen-bond donors (Lipinski definition) is 3. The predicted octanol–water partition coefficient (Wildman–Crippen LogP) is 5.67. The van der Waals surface area contributed by atoms with Crippen molar-refractivity contribution in [3.8, 4) is 17.2 Å². The Morgan fingerprint density at radius 2 is 1.83 bits per heavy atom. The Balaban J connectivity index is 2.56. The molecule has 2 aromatic carbocycles. The molecule has 0 heterocycles. The minimum absolute atomic E-state index is 0.0249. The van der Waals surface area contributed by atoms with Crippen LogP contribution in [0.1, 0.15) is 41.3 Å². The maximum Gasteiger partial charge on any atom is 0.418 e. The van der Waals surface area contributed by atoms with Crippen molar-refractivity contribution in [3.05, 3.63) is 49.9 Å². The van der Waals surface area contributed by atoms with Crippen LogP contribution in [-0.4, -0.2) is 28.6 Å². The molecule has 0 aromatic heterocycles. The molecule has 2 aromatic rings. The number of carbonyl (C=O) groups excluding carboxylic acids is 1. The van der Waals surface area contributed by atoms with E-state index in [1.165, 1.54) is 18.2 Å². The van der Waals surface area contributed by atoms with Gasteiger partial charge in [0.25, 0.3) is 5.91 Å². The number of aliphatic carboxylic acids is 1. The Hall–Kier alpha value is -2.27. The molecule has 0 bridgehead atoms. The van der Waals surface area contributed by atoms with E-state index < -0.39 is 40.2 Å². The van der Waals surface area contributed by atoms with Gasteiger partial charge in [0.15, 0.2) is 5.75 Å². The summed E-state index contributed by atoms with van der Waals surface area (Å²) in [6.45, 7) is 2.82. The van der Waals surface area contributed by atoms with Gasteiger partial charge in [0.2, 0.25) is 0 Å². The van der Waals surface area contributed by atoms with Crippen LogP contribution in [0.15, 0.2) is 33.2 Å². The lowest BCUT2D eigenvalue weighted by Gasteiger charge is -2.19. The number of alkyl halides is 3.